The third kappa shape index (κ3) is 3.34. The Bertz CT molecular complexity index is 624. The van der Waals surface area contributed by atoms with E-state index in [0.717, 1.165) is 6.29 Å². The van der Waals surface area contributed by atoms with Crippen LogP contribution >= 0.6 is 23.2 Å². The molecule has 96 valence electrons. The van der Waals surface area contributed by atoms with Gasteiger partial charge in [-0.05, 0) is 42.5 Å². The van der Waals surface area contributed by atoms with Crippen molar-refractivity contribution in [3.63, 3.8) is 0 Å². The molecule has 0 heterocycles. The fourth-order valence-electron chi connectivity index (χ4n) is 1.52. The third-order valence-corrected chi connectivity index (χ3v) is 3.03. The molecular formula is C14H9Cl2NO2. The summed E-state index contributed by atoms with van der Waals surface area (Å²) in [6.45, 7) is 0. The quantitative estimate of drug-likeness (QED) is 0.868. The number of carbonyl (C=O) groups excluding carboxylic acids is 2. The summed E-state index contributed by atoms with van der Waals surface area (Å²) in [6.07, 6.45) is 0.738. The lowest BCUT2D eigenvalue weighted by molar-refractivity contribution is 0.102. The number of rotatable bonds is 3. The molecule has 0 atom stereocenters. The smallest absolute Gasteiger partial charge is 0.257 e. The Morgan fingerprint density at radius 2 is 1.74 bits per heavy atom. The number of nitrogens with one attached hydrogen (secondary N) is 1. The van der Waals surface area contributed by atoms with Crippen LogP contribution in [0.4, 0.5) is 5.69 Å². The minimum absolute atomic E-state index is 0.287. The predicted molar refractivity (Wildman–Crippen MR) is 76.2 cm³/mol. The number of amides is 1. The van der Waals surface area contributed by atoms with Crippen molar-refractivity contribution in [1.29, 1.82) is 0 Å². The molecule has 0 aliphatic rings. The lowest BCUT2D eigenvalue weighted by atomic mass is 10.2. The van der Waals surface area contributed by atoms with Crippen molar-refractivity contribution in [1.82, 2.24) is 0 Å². The van der Waals surface area contributed by atoms with E-state index in [1.807, 2.05) is 0 Å². The van der Waals surface area contributed by atoms with E-state index < -0.39 is 0 Å². The molecular weight excluding hydrogens is 285 g/mol. The fourth-order valence-corrected chi connectivity index (χ4v) is 2.01. The molecule has 5 heteroatoms. The molecule has 19 heavy (non-hydrogen) atoms. The summed E-state index contributed by atoms with van der Waals surface area (Å²) in [5.74, 6) is -0.333. The van der Waals surface area contributed by atoms with Gasteiger partial charge in [-0.3, -0.25) is 9.59 Å². The maximum absolute atomic E-state index is 12.0. The van der Waals surface area contributed by atoms with Gasteiger partial charge in [0.05, 0.1) is 10.6 Å². The molecule has 0 bridgehead atoms. The second kappa shape index (κ2) is 5.87. The van der Waals surface area contributed by atoms with Crippen molar-refractivity contribution in [3.8, 4) is 0 Å². The number of hydrogen-bond donors (Lipinski definition) is 1. The van der Waals surface area contributed by atoms with Gasteiger partial charge in [0.2, 0.25) is 0 Å². The second-order valence-electron chi connectivity index (χ2n) is 3.82. The van der Waals surface area contributed by atoms with Gasteiger partial charge in [-0.25, -0.2) is 0 Å². The van der Waals surface area contributed by atoms with Crippen molar-refractivity contribution >= 4 is 41.1 Å². The van der Waals surface area contributed by atoms with Gasteiger partial charge in [-0.15, -0.1) is 0 Å². The first-order valence-corrected chi connectivity index (χ1v) is 6.17. The maximum atomic E-state index is 12.0. The molecule has 0 saturated carbocycles. The van der Waals surface area contributed by atoms with Gasteiger partial charge >= 0.3 is 0 Å². The average molecular weight is 294 g/mol. The Labute approximate surface area is 120 Å². The Balaban J connectivity index is 2.18. The molecule has 0 radical (unpaired) electrons. The van der Waals surface area contributed by atoms with E-state index in [2.05, 4.69) is 5.32 Å². The van der Waals surface area contributed by atoms with E-state index in [9.17, 15) is 9.59 Å². The number of halogens is 2. The lowest BCUT2D eigenvalue weighted by Crippen LogP contribution is -2.12. The van der Waals surface area contributed by atoms with Gasteiger partial charge in [0.15, 0.2) is 0 Å². The number of hydrogen-bond acceptors (Lipinski definition) is 2. The van der Waals surface area contributed by atoms with Gasteiger partial charge in [-0.2, -0.15) is 0 Å². The number of anilines is 1. The van der Waals surface area contributed by atoms with Crippen molar-refractivity contribution in [2.75, 3.05) is 5.32 Å². The number of aldehydes is 1. The van der Waals surface area contributed by atoms with Crippen molar-refractivity contribution in [2.24, 2.45) is 0 Å². The first kappa shape index (κ1) is 13.6. The summed E-state index contributed by atoms with van der Waals surface area (Å²) in [4.78, 5) is 22.5. The number of benzene rings is 2. The third-order valence-electron chi connectivity index (χ3n) is 2.48. The SMILES string of the molecule is O=Cc1ccc(NC(=O)c2ccc(Cl)cc2Cl)cc1. The van der Waals surface area contributed by atoms with E-state index >= 15 is 0 Å². The zero-order valence-corrected chi connectivity index (χ0v) is 11.2. The van der Waals surface area contributed by atoms with E-state index in [-0.39, 0.29) is 10.9 Å². The number of carbonyl (C=O) groups is 2. The normalized spacial score (nSPS) is 10.0. The molecule has 0 aromatic heterocycles. The molecule has 0 spiro atoms. The first-order valence-electron chi connectivity index (χ1n) is 5.42. The Morgan fingerprint density at radius 1 is 1.05 bits per heavy atom. The zero-order chi connectivity index (χ0) is 13.8. The Morgan fingerprint density at radius 3 is 2.32 bits per heavy atom. The molecule has 0 unspecified atom stereocenters. The van der Waals surface area contributed by atoms with Crippen LogP contribution in [-0.4, -0.2) is 12.2 Å². The molecule has 0 aliphatic carbocycles. The highest BCUT2D eigenvalue weighted by Crippen LogP contribution is 2.22. The van der Waals surface area contributed by atoms with Gasteiger partial charge in [0, 0.05) is 16.3 Å². The molecule has 0 aliphatic heterocycles. The standard InChI is InChI=1S/C14H9Cl2NO2/c15-10-3-6-12(13(16)7-10)14(19)17-11-4-1-9(8-18)2-5-11/h1-8H,(H,17,19). The zero-order valence-electron chi connectivity index (χ0n) is 9.69. The van der Waals surface area contributed by atoms with Crippen LogP contribution in [0.2, 0.25) is 10.0 Å². The van der Waals surface area contributed by atoms with Crippen LogP contribution in [0.5, 0.6) is 0 Å². The van der Waals surface area contributed by atoms with Crippen LogP contribution in [0, 0.1) is 0 Å². The van der Waals surface area contributed by atoms with E-state index in [1.165, 1.54) is 6.07 Å². The van der Waals surface area contributed by atoms with Gasteiger partial charge in [-0.1, -0.05) is 23.2 Å². The summed E-state index contributed by atoms with van der Waals surface area (Å²) >= 11 is 11.7. The van der Waals surface area contributed by atoms with E-state index in [4.69, 9.17) is 23.2 Å². The predicted octanol–water partition coefficient (Wildman–Crippen LogP) is 4.06. The maximum Gasteiger partial charge on any atom is 0.257 e. The minimum atomic E-state index is -0.333. The topological polar surface area (TPSA) is 46.2 Å². The van der Waals surface area contributed by atoms with Gasteiger partial charge in [0.1, 0.15) is 6.29 Å². The molecule has 3 nitrogen and oxygen atoms in total. The fraction of sp³-hybridized carbons (Fsp3) is 0. The summed E-state index contributed by atoms with van der Waals surface area (Å²) < 4.78 is 0. The summed E-state index contributed by atoms with van der Waals surface area (Å²) in [6, 6.07) is 11.2. The van der Waals surface area contributed by atoms with E-state index in [0.29, 0.717) is 21.8 Å². The molecule has 2 aromatic carbocycles. The average Bonchev–Trinajstić information content (AvgIpc) is 2.39. The monoisotopic (exact) mass is 293 g/mol. The van der Waals surface area contributed by atoms with Crippen LogP contribution in [0.1, 0.15) is 20.7 Å². The van der Waals surface area contributed by atoms with Crippen LogP contribution in [-0.2, 0) is 0 Å². The van der Waals surface area contributed by atoms with Crippen LogP contribution in [0.3, 0.4) is 0 Å². The molecule has 1 amide bonds. The highest BCUT2D eigenvalue weighted by molar-refractivity contribution is 6.37. The highest BCUT2D eigenvalue weighted by Gasteiger charge is 2.10. The Hall–Kier alpha value is -1.84. The van der Waals surface area contributed by atoms with Crippen LogP contribution in [0.25, 0.3) is 0 Å². The highest BCUT2D eigenvalue weighted by atomic mass is 35.5. The van der Waals surface area contributed by atoms with E-state index in [1.54, 1.807) is 36.4 Å². The molecule has 2 rings (SSSR count). The van der Waals surface area contributed by atoms with Crippen LogP contribution in [0.15, 0.2) is 42.5 Å². The summed E-state index contributed by atoms with van der Waals surface area (Å²) in [5, 5.41) is 3.44. The van der Waals surface area contributed by atoms with Crippen LogP contribution < -0.4 is 5.32 Å². The summed E-state index contributed by atoms with van der Waals surface area (Å²) in [5.41, 5.74) is 1.47. The lowest BCUT2D eigenvalue weighted by Gasteiger charge is -2.07. The first-order chi connectivity index (χ1) is 9.10. The van der Waals surface area contributed by atoms with Crippen molar-refractivity contribution in [3.05, 3.63) is 63.6 Å². The van der Waals surface area contributed by atoms with Crippen molar-refractivity contribution in [2.45, 2.75) is 0 Å². The van der Waals surface area contributed by atoms with Gasteiger partial charge < -0.3 is 5.32 Å². The van der Waals surface area contributed by atoms with Gasteiger partial charge in [0.25, 0.3) is 5.91 Å². The second-order valence-corrected chi connectivity index (χ2v) is 4.66. The molecule has 0 fully saturated rings. The summed E-state index contributed by atoms with van der Waals surface area (Å²) in [7, 11) is 0. The largest absolute Gasteiger partial charge is 0.322 e. The minimum Gasteiger partial charge on any atom is -0.322 e. The molecule has 1 N–H and O–H groups in total. The van der Waals surface area contributed by atoms with Crippen molar-refractivity contribution < 1.29 is 9.59 Å². The Kier molecular flexibility index (Phi) is 4.20. The molecule has 2 aromatic rings. The molecule has 0 saturated heterocycles.